The van der Waals surface area contributed by atoms with E-state index in [4.69, 9.17) is 0 Å². The molecule has 3 aromatic rings. The van der Waals surface area contributed by atoms with E-state index in [0.29, 0.717) is 24.5 Å². The van der Waals surface area contributed by atoms with Crippen LogP contribution in [0.5, 0.6) is 0 Å². The van der Waals surface area contributed by atoms with Crippen LogP contribution in [0.1, 0.15) is 19.4 Å². The molecule has 0 atom stereocenters. The Bertz CT molecular complexity index is 962. The smallest absolute Gasteiger partial charge is 0.238 e. The maximum Gasteiger partial charge on any atom is 0.238 e. The quantitative estimate of drug-likeness (QED) is 0.649. The zero-order valence-corrected chi connectivity index (χ0v) is 16.2. The van der Waals surface area contributed by atoms with Gasteiger partial charge >= 0.3 is 0 Å². The Balaban J connectivity index is 1.62. The zero-order valence-electron chi connectivity index (χ0n) is 16.2. The third-order valence-corrected chi connectivity index (χ3v) is 4.58. The maximum absolute atomic E-state index is 12.5. The number of hydrogen-bond donors (Lipinski definition) is 2. The van der Waals surface area contributed by atoms with Gasteiger partial charge in [-0.25, -0.2) is 0 Å². The molecule has 144 valence electrons. The molecule has 0 spiro atoms. The van der Waals surface area contributed by atoms with E-state index >= 15 is 0 Å². The van der Waals surface area contributed by atoms with Gasteiger partial charge < -0.3 is 10.6 Å². The van der Waals surface area contributed by atoms with E-state index in [-0.39, 0.29) is 11.8 Å². The Morgan fingerprint density at radius 3 is 2.18 bits per heavy atom. The fourth-order valence-electron chi connectivity index (χ4n) is 3.19. The summed E-state index contributed by atoms with van der Waals surface area (Å²) < 4.78 is 0. The molecule has 5 heteroatoms. The monoisotopic (exact) mass is 375 g/mol. The van der Waals surface area contributed by atoms with Gasteiger partial charge in [-0.3, -0.25) is 14.5 Å². The number of amides is 2. The molecule has 0 unspecified atom stereocenters. The van der Waals surface area contributed by atoms with Crippen molar-refractivity contribution >= 4 is 34.0 Å². The van der Waals surface area contributed by atoms with Crippen molar-refractivity contribution < 1.29 is 9.59 Å². The lowest BCUT2D eigenvalue weighted by atomic mass is 10.0. The van der Waals surface area contributed by atoms with Crippen LogP contribution in [0, 0.1) is 0 Å². The maximum atomic E-state index is 12.5. The lowest BCUT2D eigenvalue weighted by molar-refractivity contribution is -0.117. The van der Waals surface area contributed by atoms with Crippen molar-refractivity contribution in [3.05, 3.63) is 72.3 Å². The van der Waals surface area contributed by atoms with Gasteiger partial charge in [0.15, 0.2) is 0 Å². The Morgan fingerprint density at radius 2 is 1.50 bits per heavy atom. The number of fused-ring (bicyclic) bond motifs is 1. The van der Waals surface area contributed by atoms with Gasteiger partial charge in [0.1, 0.15) is 0 Å². The number of carbonyl (C=O) groups is 2. The third kappa shape index (κ3) is 5.18. The summed E-state index contributed by atoms with van der Waals surface area (Å²) in [6.45, 7) is 5.32. The van der Waals surface area contributed by atoms with E-state index in [1.165, 1.54) is 23.3 Å². The molecule has 5 nitrogen and oxygen atoms in total. The summed E-state index contributed by atoms with van der Waals surface area (Å²) in [5.74, 6) is -0.182. The van der Waals surface area contributed by atoms with Crippen molar-refractivity contribution in [1.82, 2.24) is 4.90 Å². The molecule has 28 heavy (non-hydrogen) atoms. The number of rotatable bonds is 7. The molecule has 3 rings (SSSR count). The normalized spacial score (nSPS) is 10.8. The fourth-order valence-corrected chi connectivity index (χ4v) is 3.19. The van der Waals surface area contributed by atoms with Gasteiger partial charge in [-0.05, 0) is 47.1 Å². The van der Waals surface area contributed by atoms with Gasteiger partial charge in [0.05, 0.1) is 6.54 Å². The van der Waals surface area contributed by atoms with E-state index in [1.54, 1.807) is 24.3 Å². The van der Waals surface area contributed by atoms with E-state index in [2.05, 4.69) is 52.8 Å². The van der Waals surface area contributed by atoms with Gasteiger partial charge in [0, 0.05) is 24.8 Å². The number of anilines is 2. The molecule has 0 aliphatic heterocycles. The van der Waals surface area contributed by atoms with Crippen LogP contribution >= 0.6 is 0 Å². The number of carbonyl (C=O) groups excluding carboxylic acids is 2. The largest absolute Gasteiger partial charge is 0.326 e. The summed E-state index contributed by atoms with van der Waals surface area (Å²) in [6, 6.07) is 21.7. The first-order chi connectivity index (χ1) is 13.5. The summed E-state index contributed by atoms with van der Waals surface area (Å²) in [5, 5.41) is 8.05. The standard InChI is InChI=1S/C23H25N3O2/c1-3-26(15-19-9-6-8-18-7-4-5-10-22(18)19)16-23(28)25-21-13-11-20(12-14-21)24-17(2)27/h4-14H,3,15-16H2,1-2H3,(H,24,27)(H,25,28). The second kappa shape index (κ2) is 9.15. The van der Waals surface area contributed by atoms with Crippen LogP contribution in [0.15, 0.2) is 66.7 Å². The predicted octanol–water partition coefficient (Wildman–Crippen LogP) is 4.26. The molecule has 0 bridgehead atoms. The lowest BCUT2D eigenvalue weighted by Crippen LogP contribution is -2.32. The van der Waals surface area contributed by atoms with Crippen molar-refractivity contribution in [1.29, 1.82) is 0 Å². The Labute approximate surface area is 165 Å². The fraction of sp³-hybridized carbons (Fsp3) is 0.217. The van der Waals surface area contributed by atoms with Crippen LogP contribution < -0.4 is 10.6 Å². The minimum Gasteiger partial charge on any atom is -0.326 e. The van der Waals surface area contributed by atoms with Crippen LogP contribution in [-0.2, 0) is 16.1 Å². The summed E-state index contributed by atoms with van der Waals surface area (Å²) >= 11 is 0. The highest BCUT2D eigenvalue weighted by molar-refractivity contribution is 5.93. The Hall–Kier alpha value is -3.18. The summed E-state index contributed by atoms with van der Waals surface area (Å²) in [4.78, 5) is 25.7. The van der Waals surface area contributed by atoms with Crippen molar-refractivity contribution in [2.75, 3.05) is 23.7 Å². The zero-order chi connectivity index (χ0) is 19.9. The van der Waals surface area contributed by atoms with Crippen LogP contribution in [-0.4, -0.2) is 29.8 Å². The molecular weight excluding hydrogens is 350 g/mol. The number of benzene rings is 3. The molecule has 2 amide bonds. The SMILES string of the molecule is CCN(CC(=O)Nc1ccc(NC(C)=O)cc1)Cc1cccc2ccccc12. The van der Waals surface area contributed by atoms with Crippen molar-refractivity contribution in [3.63, 3.8) is 0 Å². The average molecular weight is 375 g/mol. The number of likely N-dealkylation sites (N-methyl/N-ethyl adjacent to an activating group) is 1. The van der Waals surface area contributed by atoms with E-state index < -0.39 is 0 Å². The summed E-state index contributed by atoms with van der Waals surface area (Å²) in [5.41, 5.74) is 2.63. The Morgan fingerprint density at radius 1 is 0.857 bits per heavy atom. The summed E-state index contributed by atoms with van der Waals surface area (Å²) in [6.07, 6.45) is 0. The lowest BCUT2D eigenvalue weighted by Gasteiger charge is -2.21. The summed E-state index contributed by atoms with van der Waals surface area (Å²) in [7, 11) is 0. The third-order valence-electron chi connectivity index (χ3n) is 4.58. The molecular formula is C23H25N3O2. The van der Waals surface area contributed by atoms with Gasteiger partial charge in [-0.15, -0.1) is 0 Å². The van der Waals surface area contributed by atoms with Gasteiger partial charge in [-0.2, -0.15) is 0 Å². The molecule has 0 fully saturated rings. The first-order valence-electron chi connectivity index (χ1n) is 9.41. The Kier molecular flexibility index (Phi) is 6.40. The van der Waals surface area contributed by atoms with Crippen LogP contribution in [0.3, 0.4) is 0 Å². The number of nitrogens with zero attached hydrogens (tertiary/aromatic N) is 1. The average Bonchev–Trinajstić information content (AvgIpc) is 2.69. The second-order valence-electron chi connectivity index (χ2n) is 6.75. The number of nitrogens with one attached hydrogen (secondary N) is 2. The van der Waals surface area contributed by atoms with E-state index in [0.717, 1.165) is 6.54 Å². The second-order valence-corrected chi connectivity index (χ2v) is 6.75. The first-order valence-corrected chi connectivity index (χ1v) is 9.41. The first kappa shape index (κ1) is 19.6. The van der Waals surface area contributed by atoms with Crippen LogP contribution in [0.4, 0.5) is 11.4 Å². The molecule has 2 N–H and O–H groups in total. The molecule has 0 saturated carbocycles. The van der Waals surface area contributed by atoms with Crippen LogP contribution in [0.2, 0.25) is 0 Å². The topological polar surface area (TPSA) is 61.4 Å². The molecule has 0 saturated heterocycles. The minimum absolute atomic E-state index is 0.0608. The van der Waals surface area contributed by atoms with Gasteiger partial charge in [0.2, 0.25) is 11.8 Å². The molecule has 0 heterocycles. The predicted molar refractivity (Wildman–Crippen MR) is 114 cm³/mol. The minimum atomic E-state index is -0.121. The molecule has 0 radical (unpaired) electrons. The highest BCUT2D eigenvalue weighted by Crippen LogP contribution is 2.20. The highest BCUT2D eigenvalue weighted by atomic mass is 16.2. The van der Waals surface area contributed by atoms with E-state index in [1.807, 2.05) is 12.1 Å². The van der Waals surface area contributed by atoms with Gasteiger partial charge in [0.25, 0.3) is 0 Å². The molecule has 3 aromatic carbocycles. The molecule has 0 aliphatic rings. The van der Waals surface area contributed by atoms with Crippen molar-refractivity contribution in [2.24, 2.45) is 0 Å². The number of hydrogen-bond acceptors (Lipinski definition) is 3. The van der Waals surface area contributed by atoms with Crippen molar-refractivity contribution in [3.8, 4) is 0 Å². The van der Waals surface area contributed by atoms with E-state index in [9.17, 15) is 9.59 Å². The van der Waals surface area contributed by atoms with Crippen molar-refractivity contribution in [2.45, 2.75) is 20.4 Å². The molecule has 0 aliphatic carbocycles. The molecule has 0 aromatic heterocycles. The van der Waals surface area contributed by atoms with Gasteiger partial charge in [-0.1, -0.05) is 49.4 Å². The van der Waals surface area contributed by atoms with Crippen LogP contribution in [0.25, 0.3) is 10.8 Å². The highest BCUT2D eigenvalue weighted by Gasteiger charge is 2.11.